The van der Waals surface area contributed by atoms with E-state index in [0.717, 1.165) is 50.9 Å². The lowest BCUT2D eigenvalue weighted by molar-refractivity contribution is 0.129. The molecule has 0 radical (unpaired) electrons. The number of imidazole rings is 1. The Morgan fingerprint density at radius 2 is 1.97 bits per heavy atom. The van der Waals surface area contributed by atoms with Crippen LogP contribution in [0.2, 0.25) is 0 Å². The lowest BCUT2D eigenvalue weighted by atomic mass is 9.86. The van der Waals surface area contributed by atoms with Crippen LogP contribution in [0.3, 0.4) is 0 Å². The topological polar surface area (TPSA) is 67.7 Å². The number of ether oxygens (including phenoxy) is 1. The van der Waals surface area contributed by atoms with Crippen LogP contribution in [0, 0.1) is 5.92 Å². The van der Waals surface area contributed by atoms with E-state index in [1.807, 2.05) is 0 Å². The average Bonchev–Trinajstić information content (AvgIpc) is 3.25. The van der Waals surface area contributed by atoms with Crippen LogP contribution in [-0.2, 0) is 29.9 Å². The number of sulfonamides is 1. The molecule has 4 rings (SSSR count). The van der Waals surface area contributed by atoms with Gasteiger partial charge in [-0.1, -0.05) is 13.0 Å². The first-order valence-electron chi connectivity index (χ1n) is 11.8. The Labute approximate surface area is 192 Å². The average molecular weight is 461 g/mol. The minimum absolute atomic E-state index is 0.156. The van der Waals surface area contributed by atoms with E-state index in [9.17, 15) is 8.42 Å². The predicted molar refractivity (Wildman–Crippen MR) is 125 cm³/mol. The summed E-state index contributed by atoms with van der Waals surface area (Å²) in [6, 6.07) is 7.05. The molecule has 1 aliphatic carbocycles. The number of nitrogens with zero attached hydrogens (tertiary/aromatic N) is 4. The maximum Gasteiger partial charge on any atom is 0.262 e. The van der Waals surface area contributed by atoms with Crippen molar-refractivity contribution in [2.45, 2.75) is 56.5 Å². The molecule has 32 heavy (non-hydrogen) atoms. The van der Waals surface area contributed by atoms with Gasteiger partial charge in [-0.05, 0) is 74.2 Å². The SMILES string of the molecule is CCCN(CC1CCN(S(=O)(=O)c2cn(C)cn2)CC1)C1CCc2cc(OC)ccc2C1. The van der Waals surface area contributed by atoms with Crippen LogP contribution in [0.25, 0.3) is 0 Å². The van der Waals surface area contributed by atoms with Gasteiger partial charge in [-0.2, -0.15) is 4.31 Å². The second-order valence-electron chi connectivity index (χ2n) is 9.25. The zero-order chi connectivity index (χ0) is 22.7. The molecule has 176 valence electrons. The first kappa shape index (κ1) is 23.3. The molecule has 1 fully saturated rings. The van der Waals surface area contributed by atoms with Crippen LogP contribution in [0.1, 0.15) is 43.7 Å². The van der Waals surface area contributed by atoms with Crippen molar-refractivity contribution in [2.75, 3.05) is 33.3 Å². The molecule has 1 aromatic heterocycles. The molecule has 1 saturated heterocycles. The van der Waals surface area contributed by atoms with Gasteiger partial charge in [-0.3, -0.25) is 4.90 Å². The van der Waals surface area contributed by atoms with Crippen LogP contribution >= 0.6 is 0 Å². The number of hydrogen-bond acceptors (Lipinski definition) is 5. The highest BCUT2D eigenvalue weighted by Gasteiger charge is 2.33. The fourth-order valence-electron chi connectivity index (χ4n) is 5.18. The van der Waals surface area contributed by atoms with Gasteiger partial charge >= 0.3 is 0 Å². The summed E-state index contributed by atoms with van der Waals surface area (Å²) in [6.07, 6.45) is 9.44. The van der Waals surface area contributed by atoms with Gasteiger partial charge in [0.2, 0.25) is 0 Å². The molecule has 2 aliphatic rings. The number of aryl methyl sites for hydroxylation is 2. The molecule has 2 aromatic rings. The van der Waals surface area contributed by atoms with Crippen molar-refractivity contribution in [3.63, 3.8) is 0 Å². The van der Waals surface area contributed by atoms with E-state index in [2.05, 4.69) is 35.0 Å². The highest BCUT2D eigenvalue weighted by Crippen LogP contribution is 2.30. The Hall–Kier alpha value is -1.90. The molecular weight excluding hydrogens is 424 g/mol. The van der Waals surface area contributed by atoms with Crippen molar-refractivity contribution in [2.24, 2.45) is 13.0 Å². The first-order valence-corrected chi connectivity index (χ1v) is 13.2. The van der Waals surface area contributed by atoms with E-state index in [1.54, 1.807) is 35.6 Å². The van der Waals surface area contributed by atoms with Gasteiger partial charge in [0.15, 0.2) is 5.03 Å². The minimum atomic E-state index is -3.49. The molecule has 1 aliphatic heterocycles. The van der Waals surface area contributed by atoms with Crippen LogP contribution in [-0.4, -0.2) is 66.5 Å². The maximum atomic E-state index is 12.9. The van der Waals surface area contributed by atoms with Gasteiger partial charge in [-0.25, -0.2) is 13.4 Å². The third-order valence-electron chi connectivity index (χ3n) is 6.99. The van der Waals surface area contributed by atoms with E-state index < -0.39 is 10.0 Å². The van der Waals surface area contributed by atoms with Crippen molar-refractivity contribution in [1.82, 2.24) is 18.8 Å². The largest absolute Gasteiger partial charge is 0.497 e. The molecule has 1 aromatic carbocycles. The second kappa shape index (κ2) is 9.93. The zero-order valence-corrected chi connectivity index (χ0v) is 20.4. The van der Waals surface area contributed by atoms with Crippen LogP contribution in [0.5, 0.6) is 5.75 Å². The summed E-state index contributed by atoms with van der Waals surface area (Å²) in [4.78, 5) is 6.73. The molecule has 1 atom stereocenters. The van der Waals surface area contributed by atoms with Crippen molar-refractivity contribution < 1.29 is 13.2 Å². The number of piperidine rings is 1. The Bertz CT molecular complexity index is 1010. The van der Waals surface area contributed by atoms with Crippen LogP contribution in [0.4, 0.5) is 0 Å². The van der Waals surface area contributed by atoms with Gasteiger partial charge in [0, 0.05) is 38.9 Å². The smallest absolute Gasteiger partial charge is 0.262 e. The summed E-state index contributed by atoms with van der Waals surface area (Å²) in [5, 5.41) is 0.156. The summed E-state index contributed by atoms with van der Waals surface area (Å²) >= 11 is 0. The van der Waals surface area contributed by atoms with E-state index >= 15 is 0 Å². The zero-order valence-electron chi connectivity index (χ0n) is 19.5. The van der Waals surface area contributed by atoms with Gasteiger partial charge in [0.05, 0.1) is 13.4 Å². The molecule has 2 heterocycles. The van der Waals surface area contributed by atoms with E-state index in [0.29, 0.717) is 25.0 Å². The third kappa shape index (κ3) is 5.02. The van der Waals surface area contributed by atoms with Gasteiger partial charge < -0.3 is 9.30 Å². The Morgan fingerprint density at radius 1 is 1.19 bits per heavy atom. The summed E-state index contributed by atoms with van der Waals surface area (Å²) in [6.45, 7) is 5.56. The van der Waals surface area contributed by atoms with Crippen molar-refractivity contribution in [3.05, 3.63) is 41.9 Å². The molecule has 0 saturated carbocycles. The lowest BCUT2D eigenvalue weighted by Gasteiger charge is -2.39. The number of hydrogen-bond donors (Lipinski definition) is 0. The Balaban J connectivity index is 1.36. The highest BCUT2D eigenvalue weighted by molar-refractivity contribution is 7.89. The summed E-state index contributed by atoms with van der Waals surface area (Å²) in [5.41, 5.74) is 2.87. The molecule has 1 unspecified atom stereocenters. The fourth-order valence-corrected chi connectivity index (χ4v) is 6.62. The summed E-state index contributed by atoms with van der Waals surface area (Å²) in [7, 11) is 0.0323. The van der Waals surface area contributed by atoms with E-state index in [4.69, 9.17) is 4.74 Å². The number of aromatic nitrogens is 2. The normalized spacial score (nSPS) is 20.4. The number of fused-ring (bicyclic) bond motifs is 1. The summed E-state index contributed by atoms with van der Waals surface area (Å²) in [5.74, 6) is 1.48. The van der Waals surface area contributed by atoms with Crippen molar-refractivity contribution in [1.29, 1.82) is 0 Å². The van der Waals surface area contributed by atoms with Crippen LogP contribution < -0.4 is 4.74 Å². The minimum Gasteiger partial charge on any atom is -0.497 e. The number of benzene rings is 1. The lowest BCUT2D eigenvalue weighted by Crippen LogP contribution is -2.46. The first-order chi connectivity index (χ1) is 15.4. The quantitative estimate of drug-likeness (QED) is 0.606. The highest BCUT2D eigenvalue weighted by atomic mass is 32.2. The molecule has 0 spiro atoms. The van der Waals surface area contributed by atoms with E-state index in [-0.39, 0.29) is 5.03 Å². The monoisotopic (exact) mass is 460 g/mol. The molecule has 8 heteroatoms. The van der Waals surface area contributed by atoms with Crippen molar-refractivity contribution in [3.8, 4) is 5.75 Å². The molecule has 0 amide bonds. The molecule has 0 bridgehead atoms. The third-order valence-corrected chi connectivity index (χ3v) is 8.78. The number of rotatable bonds is 8. The standard InChI is InChI=1S/C24H36N4O3S/c1-4-11-27(22-7-5-21-15-23(31-3)8-6-20(21)14-22)16-19-9-12-28(13-10-19)32(29,30)24-17-26(2)18-25-24/h6,8,15,17-19,22H,4-5,7,9-14,16H2,1-3H3. The van der Waals surface area contributed by atoms with Crippen LogP contribution in [0.15, 0.2) is 35.7 Å². The maximum absolute atomic E-state index is 12.9. The summed E-state index contributed by atoms with van der Waals surface area (Å²) < 4.78 is 34.4. The Kier molecular flexibility index (Phi) is 7.22. The molecule has 7 nitrogen and oxygen atoms in total. The Morgan fingerprint density at radius 3 is 2.62 bits per heavy atom. The van der Waals surface area contributed by atoms with Gasteiger partial charge in [-0.15, -0.1) is 0 Å². The molecule has 0 N–H and O–H groups in total. The van der Waals surface area contributed by atoms with Gasteiger partial charge in [0.25, 0.3) is 10.0 Å². The number of methoxy groups -OCH3 is 1. The van der Waals surface area contributed by atoms with E-state index in [1.165, 1.54) is 17.5 Å². The fraction of sp³-hybridized carbons (Fsp3) is 0.625. The predicted octanol–water partition coefficient (Wildman–Crippen LogP) is 3.10. The molecular formula is C24H36N4O3S. The van der Waals surface area contributed by atoms with Crippen molar-refractivity contribution >= 4 is 10.0 Å². The van der Waals surface area contributed by atoms with Gasteiger partial charge in [0.1, 0.15) is 5.75 Å². The second-order valence-corrected chi connectivity index (χ2v) is 11.1.